The van der Waals surface area contributed by atoms with Gasteiger partial charge < -0.3 is 19.1 Å². The number of ether oxygens (including phenoxy) is 2. The van der Waals surface area contributed by atoms with Crippen molar-refractivity contribution in [2.75, 3.05) is 7.11 Å². The number of aromatic nitrogens is 2. The molecule has 2 aromatic rings. The fourth-order valence-corrected chi connectivity index (χ4v) is 1.97. The number of hydrogen-bond acceptors (Lipinski definition) is 4. The highest BCUT2D eigenvalue weighted by Gasteiger charge is 2.10. The van der Waals surface area contributed by atoms with Gasteiger partial charge in [0.25, 0.3) is 0 Å². The normalized spacial score (nSPS) is 12.2. The summed E-state index contributed by atoms with van der Waals surface area (Å²) in [7, 11) is 1.59. The van der Waals surface area contributed by atoms with E-state index in [1.165, 1.54) is 0 Å². The Kier molecular flexibility index (Phi) is 4.63. The average Bonchev–Trinajstić information content (AvgIpc) is 2.92. The first-order valence-electron chi connectivity index (χ1n) is 6.63. The van der Waals surface area contributed by atoms with Crippen LogP contribution in [0.15, 0.2) is 30.7 Å². The van der Waals surface area contributed by atoms with Gasteiger partial charge in [0.2, 0.25) is 0 Å². The predicted octanol–water partition coefficient (Wildman–Crippen LogP) is 2.54. The highest BCUT2D eigenvalue weighted by Crippen LogP contribution is 2.30. The number of nitrogens with zero attached hydrogens (tertiary/aromatic N) is 2. The van der Waals surface area contributed by atoms with Gasteiger partial charge in [0.05, 0.1) is 31.4 Å². The van der Waals surface area contributed by atoms with Crippen molar-refractivity contribution in [2.24, 2.45) is 0 Å². The molecule has 0 unspecified atom stereocenters. The predicted molar refractivity (Wildman–Crippen MR) is 75.9 cm³/mol. The fourth-order valence-electron chi connectivity index (χ4n) is 1.97. The van der Waals surface area contributed by atoms with E-state index in [0.29, 0.717) is 18.1 Å². The third-order valence-electron chi connectivity index (χ3n) is 3.18. The van der Waals surface area contributed by atoms with E-state index in [9.17, 15) is 5.11 Å². The summed E-state index contributed by atoms with van der Waals surface area (Å²) < 4.78 is 13.1. The summed E-state index contributed by atoms with van der Waals surface area (Å²) in [4.78, 5) is 4.10. The molecule has 5 nitrogen and oxygen atoms in total. The molecule has 2 rings (SSSR count). The fraction of sp³-hybridized carbons (Fsp3) is 0.400. The second-order valence-corrected chi connectivity index (χ2v) is 4.55. The SMILES string of the molecule is CCn1cncc1COc1ccc([C@@H](C)O)cc1OC. The van der Waals surface area contributed by atoms with E-state index in [4.69, 9.17) is 9.47 Å². The molecule has 1 aromatic heterocycles. The second kappa shape index (κ2) is 6.43. The number of rotatable bonds is 6. The molecule has 0 spiro atoms. The Morgan fingerprint density at radius 1 is 1.35 bits per heavy atom. The maximum Gasteiger partial charge on any atom is 0.161 e. The van der Waals surface area contributed by atoms with Gasteiger partial charge in [0.1, 0.15) is 6.61 Å². The van der Waals surface area contributed by atoms with E-state index in [-0.39, 0.29) is 0 Å². The number of imidazole rings is 1. The lowest BCUT2D eigenvalue weighted by Gasteiger charge is -2.13. The minimum Gasteiger partial charge on any atom is -0.493 e. The second-order valence-electron chi connectivity index (χ2n) is 4.55. The monoisotopic (exact) mass is 276 g/mol. The van der Waals surface area contributed by atoms with Crippen LogP contribution in [0.3, 0.4) is 0 Å². The van der Waals surface area contributed by atoms with Crippen molar-refractivity contribution in [3.63, 3.8) is 0 Å². The van der Waals surface area contributed by atoms with Crippen LogP contribution in [0.2, 0.25) is 0 Å². The summed E-state index contributed by atoms with van der Waals surface area (Å²) in [6.45, 7) is 5.06. The summed E-state index contributed by atoms with van der Waals surface area (Å²) in [5, 5.41) is 9.58. The molecule has 0 aliphatic carbocycles. The van der Waals surface area contributed by atoms with Gasteiger partial charge in [-0.1, -0.05) is 6.07 Å². The lowest BCUT2D eigenvalue weighted by molar-refractivity contribution is 0.198. The Hall–Kier alpha value is -2.01. The molecule has 0 amide bonds. The van der Waals surface area contributed by atoms with Crippen molar-refractivity contribution in [3.8, 4) is 11.5 Å². The molecular weight excluding hydrogens is 256 g/mol. The number of hydrogen-bond donors (Lipinski definition) is 1. The Morgan fingerprint density at radius 3 is 2.80 bits per heavy atom. The lowest BCUT2D eigenvalue weighted by Crippen LogP contribution is -2.04. The van der Waals surface area contributed by atoms with Crippen LogP contribution < -0.4 is 9.47 Å². The van der Waals surface area contributed by atoms with Crippen molar-refractivity contribution in [3.05, 3.63) is 42.0 Å². The minimum absolute atomic E-state index is 0.429. The number of benzene rings is 1. The van der Waals surface area contributed by atoms with Crippen molar-refractivity contribution < 1.29 is 14.6 Å². The Balaban J connectivity index is 2.13. The average molecular weight is 276 g/mol. The van der Waals surface area contributed by atoms with Crippen LogP contribution in [0.25, 0.3) is 0 Å². The highest BCUT2D eigenvalue weighted by atomic mass is 16.5. The van der Waals surface area contributed by atoms with Crippen LogP contribution in [-0.2, 0) is 13.2 Å². The van der Waals surface area contributed by atoms with Crippen LogP contribution in [0, 0.1) is 0 Å². The summed E-state index contributed by atoms with van der Waals surface area (Å²) >= 11 is 0. The van der Waals surface area contributed by atoms with Gasteiger partial charge in [-0.05, 0) is 31.5 Å². The van der Waals surface area contributed by atoms with Gasteiger partial charge in [-0.25, -0.2) is 4.98 Å². The molecule has 0 saturated heterocycles. The first kappa shape index (κ1) is 14.4. The molecule has 1 atom stereocenters. The summed E-state index contributed by atoms with van der Waals surface area (Å²) in [6, 6.07) is 5.43. The van der Waals surface area contributed by atoms with Gasteiger partial charge in [-0.2, -0.15) is 0 Å². The van der Waals surface area contributed by atoms with Gasteiger partial charge in [0.15, 0.2) is 11.5 Å². The standard InChI is InChI=1S/C15H20N2O3/c1-4-17-10-16-8-13(17)9-20-14-6-5-12(11(2)18)7-15(14)19-3/h5-8,10-11,18H,4,9H2,1-3H3/t11-/m1/s1. The van der Waals surface area contributed by atoms with Crippen LogP contribution in [0.4, 0.5) is 0 Å². The third-order valence-corrected chi connectivity index (χ3v) is 3.18. The highest BCUT2D eigenvalue weighted by molar-refractivity contribution is 5.43. The molecule has 5 heteroatoms. The van der Waals surface area contributed by atoms with Crippen molar-refractivity contribution in [1.29, 1.82) is 0 Å². The molecule has 20 heavy (non-hydrogen) atoms. The van der Waals surface area contributed by atoms with E-state index < -0.39 is 6.10 Å². The zero-order chi connectivity index (χ0) is 14.5. The quantitative estimate of drug-likeness (QED) is 0.881. The topological polar surface area (TPSA) is 56.5 Å². The molecule has 1 aromatic carbocycles. The van der Waals surface area contributed by atoms with E-state index in [1.807, 2.05) is 16.7 Å². The Labute approximate surface area is 118 Å². The van der Waals surface area contributed by atoms with Crippen LogP contribution in [-0.4, -0.2) is 21.8 Å². The molecule has 0 bridgehead atoms. The molecule has 0 fully saturated rings. The maximum atomic E-state index is 9.58. The molecule has 0 aliphatic rings. The summed E-state index contributed by atoms with van der Waals surface area (Å²) in [5.74, 6) is 1.27. The number of aliphatic hydroxyl groups excluding tert-OH is 1. The maximum absolute atomic E-state index is 9.58. The first-order valence-corrected chi connectivity index (χ1v) is 6.63. The van der Waals surface area contributed by atoms with Gasteiger partial charge >= 0.3 is 0 Å². The Bertz CT molecular complexity index is 564. The van der Waals surface area contributed by atoms with Crippen molar-refractivity contribution in [2.45, 2.75) is 33.1 Å². The minimum atomic E-state index is -0.528. The van der Waals surface area contributed by atoms with E-state index in [1.54, 1.807) is 32.6 Å². The zero-order valence-corrected chi connectivity index (χ0v) is 12.0. The van der Waals surface area contributed by atoms with Crippen molar-refractivity contribution >= 4 is 0 Å². The largest absolute Gasteiger partial charge is 0.493 e. The molecule has 0 saturated carbocycles. The van der Waals surface area contributed by atoms with Gasteiger partial charge in [-0.15, -0.1) is 0 Å². The number of aliphatic hydroxyl groups is 1. The summed E-state index contributed by atoms with van der Waals surface area (Å²) in [6.07, 6.45) is 3.05. The zero-order valence-electron chi connectivity index (χ0n) is 12.0. The molecule has 1 N–H and O–H groups in total. The molecule has 0 aliphatic heterocycles. The van der Waals surface area contributed by atoms with Crippen LogP contribution in [0.5, 0.6) is 11.5 Å². The number of methoxy groups -OCH3 is 1. The van der Waals surface area contributed by atoms with Crippen molar-refractivity contribution in [1.82, 2.24) is 9.55 Å². The van der Waals surface area contributed by atoms with Gasteiger partial charge in [0, 0.05) is 6.54 Å². The number of aryl methyl sites for hydroxylation is 1. The smallest absolute Gasteiger partial charge is 0.161 e. The van der Waals surface area contributed by atoms with Crippen LogP contribution >= 0.6 is 0 Å². The lowest BCUT2D eigenvalue weighted by atomic mass is 10.1. The van der Waals surface area contributed by atoms with Crippen LogP contribution in [0.1, 0.15) is 31.2 Å². The van der Waals surface area contributed by atoms with Gasteiger partial charge in [-0.3, -0.25) is 0 Å². The summed E-state index contributed by atoms with van der Waals surface area (Å²) in [5.41, 5.74) is 1.81. The molecule has 0 radical (unpaired) electrons. The van der Waals surface area contributed by atoms with E-state index >= 15 is 0 Å². The molecule has 1 heterocycles. The molecule has 108 valence electrons. The van der Waals surface area contributed by atoms with E-state index in [2.05, 4.69) is 11.9 Å². The third kappa shape index (κ3) is 3.11. The Morgan fingerprint density at radius 2 is 2.15 bits per heavy atom. The first-order chi connectivity index (χ1) is 9.65. The van der Waals surface area contributed by atoms with E-state index in [0.717, 1.165) is 17.8 Å². The molecular formula is C15H20N2O3.